The molecule has 0 radical (unpaired) electrons. The van der Waals surface area contributed by atoms with Gasteiger partial charge in [-0.05, 0) is 6.26 Å². The van der Waals surface area contributed by atoms with E-state index in [1.165, 1.54) is 17.8 Å². The molecule has 0 aliphatic rings. The molecule has 2 rings (SSSR count). The second kappa shape index (κ2) is 2.75. The quantitative estimate of drug-likeness (QED) is 0.636. The fraction of sp³-hybridized carbons (Fsp3) is 0.143. The number of thioether (sulfide) groups is 1. The van der Waals surface area contributed by atoms with E-state index in [-0.39, 0.29) is 0 Å². The molecule has 2 heterocycles. The van der Waals surface area contributed by atoms with Crippen LogP contribution in [0.2, 0.25) is 0 Å². The number of oxazole rings is 1. The molecule has 62 valence electrons. The smallest absolute Gasteiger partial charge is 0.258 e. The molecule has 12 heavy (non-hydrogen) atoms. The van der Waals surface area contributed by atoms with E-state index in [1.54, 1.807) is 0 Å². The lowest BCUT2D eigenvalue weighted by Crippen LogP contribution is -1.78. The topological polar surface area (TPSA) is 38.9 Å². The van der Waals surface area contributed by atoms with Gasteiger partial charge in [0, 0.05) is 6.07 Å². The number of fused-ring (bicyclic) bond motifs is 1. The van der Waals surface area contributed by atoms with Gasteiger partial charge in [-0.15, -0.1) is 0 Å². The summed E-state index contributed by atoms with van der Waals surface area (Å²) in [5, 5.41) is 0.503. The van der Waals surface area contributed by atoms with Crippen LogP contribution in [0.15, 0.2) is 21.9 Å². The molecule has 0 amide bonds. The standard InChI is InChI=1S/C7H5FN2OS/c1-12-7-10-6-5(11-7)2-4(8)3-9-6/h2-3H,1H3. The summed E-state index contributed by atoms with van der Waals surface area (Å²) >= 11 is 1.36. The van der Waals surface area contributed by atoms with E-state index in [2.05, 4.69) is 9.97 Å². The summed E-state index contributed by atoms with van der Waals surface area (Å²) in [7, 11) is 0. The van der Waals surface area contributed by atoms with Gasteiger partial charge in [-0.2, -0.15) is 4.98 Å². The van der Waals surface area contributed by atoms with E-state index in [9.17, 15) is 4.39 Å². The van der Waals surface area contributed by atoms with Crippen LogP contribution in [0.25, 0.3) is 11.2 Å². The number of hydrogen-bond acceptors (Lipinski definition) is 4. The van der Waals surface area contributed by atoms with E-state index < -0.39 is 5.82 Å². The Morgan fingerprint density at radius 2 is 2.42 bits per heavy atom. The normalized spacial score (nSPS) is 10.8. The highest BCUT2D eigenvalue weighted by Gasteiger charge is 2.05. The molecule has 0 fully saturated rings. The Hall–Kier alpha value is -1.10. The molecular formula is C7H5FN2OS. The van der Waals surface area contributed by atoms with Crippen LogP contribution in [0.1, 0.15) is 0 Å². The van der Waals surface area contributed by atoms with Crippen LogP contribution in [0.5, 0.6) is 0 Å². The summed E-state index contributed by atoms with van der Waals surface area (Å²) in [6.07, 6.45) is 2.95. The van der Waals surface area contributed by atoms with Crippen molar-refractivity contribution in [2.24, 2.45) is 0 Å². The van der Waals surface area contributed by atoms with Gasteiger partial charge in [0.05, 0.1) is 6.20 Å². The molecule has 3 nitrogen and oxygen atoms in total. The predicted octanol–water partition coefficient (Wildman–Crippen LogP) is 2.08. The van der Waals surface area contributed by atoms with Crippen LogP contribution in [0.4, 0.5) is 4.39 Å². The average molecular weight is 184 g/mol. The minimum absolute atomic E-state index is 0.388. The Bertz CT molecular complexity index is 415. The number of pyridine rings is 1. The summed E-state index contributed by atoms with van der Waals surface area (Å²) < 4.78 is 17.7. The largest absolute Gasteiger partial charge is 0.429 e. The molecule has 0 saturated carbocycles. The minimum Gasteiger partial charge on any atom is -0.429 e. The zero-order valence-electron chi connectivity index (χ0n) is 6.24. The fourth-order valence-corrected chi connectivity index (χ4v) is 1.21. The zero-order valence-corrected chi connectivity index (χ0v) is 7.06. The third kappa shape index (κ3) is 1.16. The highest BCUT2D eigenvalue weighted by Crippen LogP contribution is 2.19. The third-order valence-corrected chi connectivity index (χ3v) is 1.89. The first-order chi connectivity index (χ1) is 5.79. The summed E-state index contributed by atoms with van der Waals surface area (Å²) in [6.45, 7) is 0. The van der Waals surface area contributed by atoms with Crippen molar-refractivity contribution < 1.29 is 8.81 Å². The molecule has 0 N–H and O–H groups in total. The van der Waals surface area contributed by atoms with Gasteiger partial charge < -0.3 is 4.42 Å². The van der Waals surface area contributed by atoms with Crippen molar-refractivity contribution in [3.05, 3.63) is 18.1 Å². The second-order valence-corrected chi connectivity index (χ2v) is 2.92. The Morgan fingerprint density at radius 3 is 3.17 bits per heavy atom. The zero-order chi connectivity index (χ0) is 8.55. The van der Waals surface area contributed by atoms with Crippen LogP contribution in [-0.4, -0.2) is 16.2 Å². The lowest BCUT2D eigenvalue weighted by molar-refractivity contribution is 0.488. The molecule has 0 bridgehead atoms. The Kier molecular flexibility index (Phi) is 1.73. The Balaban J connectivity index is 2.67. The molecule has 0 spiro atoms. The van der Waals surface area contributed by atoms with Crippen molar-refractivity contribution in [2.75, 3.05) is 6.26 Å². The SMILES string of the molecule is CSc1nc2ncc(F)cc2o1. The molecule has 0 aromatic carbocycles. The van der Waals surface area contributed by atoms with Crippen LogP contribution >= 0.6 is 11.8 Å². The van der Waals surface area contributed by atoms with Gasteiger partial charge in [0.25, 0.3) is 5.22 Å². The molecule has 0 unspecified atom stereocenters. The van der Waals surface area contributed by atoms with Crippen molar-refractivity contribution in [3.63, 3.8) is 0 Å². The average Bonchev–Trinajstić information content (AvgIpc) is 2.46. The number of halogens is 1. The first-order valence-electron chi connectivity index (χ1n) is 3.25. The van der Waals surface area contributed by atoms with Gasteiger partial charge in [-0.1, -0.05) is 11.8 Å². The summed E-state index contributed by atoms with van der Waals surface area (Å²) in [5.41, 5.74) is 0.833. The van der Waals surface area contributed by atoms with Crippen LogP contribution < -0.4 is 0 Å². The molecule has 2 aromatic heterocycles. The highest BCUT2D eigenvalue weighted by molar-refractivity contribution is 7.98. The number of rotatable bonds is 1. The molecular weight excluding hydrogens is 179 g/mol. The fourth-order valence-electron chi connectivity index (χ4n) is 0.863. The molecule has 0 saturated heterocycles. The van der Waals surface area contributed by atoms with Crippen LogP contribution in [0, 0.1) is 5.82 Å². The molecule has 0 aliphatic heterocycles. The number of hydrogen-bond donors (Lipinski definition) is 0. The summed E-state index contributed by atoms with van der Waals surface area (Å²) in [4.78, 5) is 7.75. The third-order valence-electron chi connectivity index (χ3n) is 1.37. The maximum absolute atomic E-state index is 12.6. The monoisotopic (exact) mass is 184 g/mol. The maximum atomic E-state index is 12.6. The highest BCUT2D eigenvalue weighted by atomic mass is 32.2. The number of aromatic nitrogens is 2. The molecule has 2 aromatic rings. The first kappa shape index (κ1) is 7.54. The van der Waals surface area contributed by atoms with Crippen LogP contribution in [-0.2, 0) is 0 Å². The summed E-state index contributed by atoms with van der Waals surface area (Å²) in [5.74, 6) is -0.411. The van der Waals surface area contributed by atoms with E-state index in [4.69, 9.17) is 4.42 Å². The van der Waals surface area contributed by atoms with Gasteiger partial charge in [0.15, 0.2) is 11.2 Å². The van der Waals surface area contributed by atoms with Crippen molar-refractivity contribution in [3.8, 4) is 0 Å². The molecule has 5 heteroatoms. The maximum Gasteiger partial charge on any atom is 0.258 e. The van der Waals surface area contributed by atoms with Crippen molar-refractivity contribution >= 4 is 23.0 Å². The molecule has 0 aliphatic carbocycles. The Labute approximate surface area is 72.0 Å². The van der Waals surface area contributed by atoms with E-state index in [1.807, 2.05) is 6.26 Å². The first-order valence-corrected chi connectivity index (χ1v) is 4.48. The van der Waals surface area contributed by atoms with Crippen LogP contribution in [0.3, 0.4) is 0 Å². The minimum atomic E-state index is -0.411. The van der Waals surface area contributed by atoms with E-state index in [0.717, 1.165) is 6.20 Å². The van der Waals surface area contributed by atoms with Gasteiger partial charge in [-0.3, -0.25) is 0 Å². The van der Waals surface area contributed by atoms with Gasteiger partial charge >= 0.3 is 0 Å². The molecule has 0 atom stereocenters. The lowest BCUT2D eigenvalue weighted by Gasteiger charge is -1.84. The van der Waals surface area contributed by atoms with Gasteiger partial charge in [-0.25, -0.2) is 9.37 Å². The van der Waals surface area contributed by atoms with E-state index in [0.29, 0.717) is 16.5 Å². The predicted molar refractivity (Wildman–Crippen MR) is 43.5 cm³/mol. The van der Waals surface area contributed by atoms with Gasteiger partial charge in [0.2, 0.25) is 0 Å². The van der Waals surface area contributed by atoms with Crippen molar-refractivity contribution in [1.29, 1.82) is 0 Å². The summed E-state index contributed by atoms with van der Waals surface area (Å²) in [6, 6.07) is 1.27. The van der Waals surface area contributed by atoms with E-state index >= 15 is 0 Å². The second-order valence-electron chi connectivity index (χ2n) is 2.16. The Morgan fingerprint density at radius 1 is 1.58 bits per heavy atom. The lowest BCUT2D eigenvalue weighted by atomic mass is 10.4. The van der Waals surface area contributed by atoms with Gasteiger partial charge in [0.1, 0.15) is 5.82 Å². The number of nitrogens with zero attached hydrogens (tertiary/aromatic N) is 2. The van der Waals surface area contributed by atoms with Crippen molar-refractivity contribution in [2.45, 2.75) is 5.22 Å². The van der Waals surface area contributed by atoms with Crippen molar-refractivity contribution in [1.82, 2.24) is 9.97 Å².